The third kappa shape index (κ3) is 0.608. The average molecular weight is 95.1 g/mol. The Morgan fingerprint density at radius 2 is 2.29 bits per heavy atom. The number of nitriles is 1. The zero-order valence-electron chi connectivity index (χ0n) is 4.52. The van der Waals surface area contributed by atoms with Crippen molar-refractivity contribution in [3.8, 4) is 6.07 Å². The molecule has 0 spiro atoms. The van der Waals surface area contributed by atoms with Gasteiger partial charge in [-0.3, -0.25) is 0 Å². The third-order valence-corrected chi connectivity index (χ3v) is 1.79. The molecule has 0 aromatic heterocycles. The van der Waals surface area contributed by atoms with Crippen LogP contribution in [0.15, 0.2) is 0 Å². The van der Waals surface area contributed by atoms with Gasteiger partial charge in [-0.2, -0.15) is 5.26 Å². The maximum absolute atomic E-state index is 8.31. The molecule has 0 saturated heterocycles. The molecule has 1 unspecified atom stereocenters. The summed E-state index contributed by atoms with van der Waals surface area (Å²) in [6.07, 6.45) is 2.40. The van der Waals surface area contributed by atoms with Gasteiger partial charge in [0.05, 0.1) is 6.07 Å². The van der Waals surface area contributed by atoms with E-state index in [1.54, 1.807) is 0 Å². The molecule has 0 N–H and O–H groups in total. The predicted molar refractivity (Wildman–Crippen MR) is 27.5 cm³/mol. The second kappa shape index (κ2) is 1.54. The lowest BCUT2D eigenvalue weighted by Gasteiger charge is -2.26. The largest absolute Gasteiger partial charge is 0.198 e. The normalized spacial score (nSPS) is 38.9. The molecule has 1 saturated carbocycles. The van der Waals surface area contributed by atoms with Crippen molar-refractivity contribution in [2.45, 2.75) is 19.8 Å². The van der Waals surface area contributed by atoms with Gasteiger partial charge in [-0.1, -0.05) is 6.92 Å². The summed E-state index contributed by atoms with van der Waals surface area (Å²) >= 11 is 0. The number of nitrogens with zero attached hydrogens (tertiary/aromatic N) is 1. The smallest absolute Gasteiger partial charge is 0.0658 e. The van der Waals surface area contributed by atoms with Crippen molar-refractivity contribution < 1.29 is 0 Å². The van der Waals surface area contributed by atoms with Crippen LogP contribution < -0.4 is 0 Å². The van der Waals surface area contributed by atoms with Crippen molar-refractivity contribution >= 4 is 0 Å². The Bertz CT molecular complexity index is 101. The van der Waals surface area contributed by atoms with Crippen LogP contribution in [0.1, 0.15) is 19.8 Å². The van der Waals surface area contributed by atoms with Crippen LogP contribution >= 0.6 is 0 Å². The second-order valence-corrected chi connectivity index (χ2v) is 2.29. The Balaban J connectivity index is 2.33. The Kier molecular flexibility index (Phi) is 1.02. The summed E-state index contributed by atoms with van der Waals surface area (Å²) in [4.78, 5) is 0. The summed E-state index contributed by atoms with van der Waals surface area (Å²) in [5.74, 6) is 1.07. The monoisotopic (exact) mass is 95.1 g/mol. The van der Waals surface area contributed by atoms with Crippen molar-refractivity contribution in [3.05, 3.63) is 0 Å². The van der Waals surface area contributed by atoms with Crippen LogP contribution in [0.25, 0.3) is 0 Å². The first kappa shape index (κ1) is 4.64. The first-order chi connectivity index (χ1) is 3.34. The molecule has 0 aromatic carbocycles. The van der Waals surface area contributed by atoms with Gasteiger partial charge >= 0.3 is 0 Å². The molecular weight excluding hydrogens is 86.1 g/mol. The van der Waals surface area contributed by atoms with Crippen molar-refractivity contribution in [1.29, 1.82) is 5.26 Å². The Morgan fingerprint density at radius 3 is 2.29 bits per heavy atom. The molecule has 1 aliphatic carbocycles. The van der Waals surface area contributed by atoms with Gasteiger partial charge in [-0.25, -0.2) is 0 Å². The van der Waals surface area contributed by atoms with Crippen LogP contribution in [0.3, 0.4) is 0 Å². The molecule has 0 radical (unpaired) electrons. The fourth-order valence-electron chi connectivity index (χ4n) is 0.858. The maximum atomic E-state index is 8.31. The van der Waals surface area contributed by atoms with Crippen LogP contribution in [0.4, 0.5) is 0 Å². The molecule has 0 amide bonds. The molecular formula is C6H9N. The van der Waals surface area contributed by atoms with Crippen molar-refractivity contribution in [2.24, 2.45) is 11.8 Å². The highest BCUT2D eigenvalue weighted by Crippen LogP contribution is 2.32. The van der Waals surface area contributed by atoms with Gasteiger partial charge in [-0.15, -0.1) is 0 Å². The lowest BCUT2D eigenvalue weighted by molar-refractivity contribution is 0.259. The van der Waals surface area contributed by atoms with E-state index in [-0.39, 0.29) is 0 Å². The van der Waals surface area contributed by atoms with Gasteiger partial charge in [-0.05, 0) is 18.8 Å². The number of hydrogen-bond acceptors (Lipinski definition) is 1. The van der Waals surface area contributed by atoms with Crippen LogP contribution in [0, 0.1) is 23.2 Å². The van der Waals surface area contributed by atoms with Crippen LogP contribution in [0.2, 0.25) is 0 Å². The van der Waals surface area contributed by atoms with Crippen molar-refractivity contribution in [3.63, 3.8) is 0 Å². The van der Waals surface area contributed by atoms with E-state index in [2.05, 4.69) is 13.0 Å². The summed E-state index contributed by atoms with van der Waals surface area (Å²) in [6.45, 7) is 2.14. The fraction of sp³-hybridized carbons (Fsp3) is 0.833. The Morgan fingerprint density at radius 1 is 1.57 bits per heavy atom. The molecule has 0 bridgehead atoms. The average Bonchev–Trinajstić information content (AvgIpc) is 1.65. The van der Waals surface area contributed by atoms with E-state index < -0.39 is 0 Å². The predicted octanol–water partition coefficient (Wildman–Crippen LogP) is 1.56. The van der Waals surface area contributed by atoms with Crippen molar-refractivity contribution in [2.75, 3.05) is 0 Å². The van der Waals surface area contributed by atoms with Gasteiger partial charge in [0.1, 0.15) is 0 Å². The first-order valence-corrected chi connectivity index (χ1v) is 2.74. The fourth-order valence-corrected chi connectivity index (χ4v) is 0.858. The molecule has 1 rings (SSSR count). The van der Waals surface area contributed by atoms with Crippen LogP contribution in [-0.4, -0.2) is 0 Å². The molecule has 0 aromatic rings. The van der Waals surface area contributed by atoms with Gasteiger partial charge in [0.25, 0.3) is 0 Å². The summed E-state index contributed by atoms with van der Waals surface area (Å²) in [5, 5.41) is 8.31. The quantitative estimate of drug-likeness (QED) is 0.448. The molecule has 1 fully saturated rings. The van der Waals surface area contributed by atoms with Crippen LogP contribution in [-0.2, 0) is 0 Å². The molecule has 2 atom stereocenters. The van der Waals surface area contributed by atoms with E-state index in [1.165, 1.54) is 6.42 Å². The summed E-state index contributed by atoms with van der Waals surface area (Å²) in [5.41, 5.74) is 0. The Labute approximate surface area is 44.0 Å². The minimum atomic E-state index is 0.389. The number of rotatable bonds is 0. The maximum Gasteiger partial charge on any atom is 0.0658 e. The van der Waals surface area contributed by atoms with Gasteiger partial charge < -0.3 is 0 Å². The highest BCUT2D eigenvalue weighted by molar-refractivity contribution is 4.93. The summed E-state index contributed by atoms with van der Waals surface area (Å²) in [7, 11) is 0. The van der Waals surface area contributed by atoms with Gasteiger partial charge in [0.15, 0.2) is 0 Å². The van der Waals surface area contributed by atoms with Gasteiger partial charge in [0, 0.05) is 5.92 Å². The number of hydrogen-bond donors (Lipinski definition) is 0. The van der Waals surface area contributed by atoms with E-state index in [1.807, 2.05) is 0 Å². The minimum absolute atomic E-state index is 0.389. The van der Waals surface area contributed by atoms with E-state index in [4.69, 9.17) is 5.26 Å². The topological polar surface area (TPSA) is 23.8 Å². The minimum Gasteiger partial charge on any atom is -0.198 e. The highest BCUT2D eigenvalue weighted by Gasteiger charge is 2.25. The zero-order chi connectivity index (χ0) is 5.28. The van der Waals surface area contributed by atoms with Crippen LogP contribution in [0.5, 0.6) is 0 Å². The SMILES string of the molecule is CC1CC[C@@H]1C#N. The zero-order valence-corrected chi connectivity index (χ0v) is 4.52. The first-order valence-electron chi connectivity index (χ1n) is 2.74. The van der Waals surface area contributed by atoms with Gasteiger partial charge in [0.2, 0.25) is 0 Å². The van der Waals surface area contributed by atoms with E-state index in [0.717, 1.165) is 6.42 Å². The lowest BCUT2D eigenvalue weighted by Crippen LogP contribution is -2.20. The Hall–Kier alpha value is -0.510. The van der Waals surface area contributed by atoms with E-state index in [9.17, 15) is 0 Å². The molecule has 0 aliphatic heterocycles. The summed E-state index contributed by atoms with van der Waals surface area (Å²) in [6, 6.07) is 2.25. The lowest BCUT2D eigenvalue weighted by atomic mass is 9.76. The molecule has 1 heteroatoms. The second-order valence-electron chi connectivity index (χ2n) is 2.29. The summed E-state index contributed by atoms with van der Waals surface area (Å²) < 4.78 is 0. The molecule has 7 heavy (non-hydrogen) atoms. The highest BCUT2D eigenvalue weighted by atomic mass is 14.4. The molecule has 38 valence electrons. The molecule has 0 heterocycles. The van der Waals surface area contributed by atoms with E-state index >= 15 is 0 Å². The standard InChI is InChI=1S/C6H9N/c1-5-2-3-6(5)4-7/h5-6H,2-3H2,1H3/t5?,6-/m1/s1. The van der Waals surface area contributed by atoms with Crippen molar-refractivity contribution in [1.82, 2.24) is 0 Å². The molecule has 1 aliphatic rings. The van der Waals surface area contributed by atoms with E-state index in [0.29, 0.717) is 11.8 Å². The third-order valence-electron chi connectivity index (χ3n) is 1.79. The molecule has 1 nitrogen and oxygen atoms in total.